The van der Waals surface area contributed by atoms with Gasteiger partial charge in [0.15, 0.2) is 0 Å². The van der Waals surface area contributed by atoms with E-state index in [4.69, 9.17) is 5.73 Å². The molecule has 2 aromatic heterocycles. The Bertz CT molecular complexity index is 576. The van der Waals surface area contributed by atoms with Crippen molar-refractivity contribution < 1.29 is 0 Å². The minimum absolute atomic E-state index is 0.00294. The van der Waals surface area contributed by atoms with Crippen LogP contribution >= 0.6 is 11.8 Å². The Morgan fingerprint density at radius 2 is 2.20 bits per heavy atom. The first-order valence-corrected chi connectivity index (χ1v) is 7.73. The molecule has 2 aromatic rings. The number of hydrogen-bond acceptors (Lipinski definition) is 6. The molecule has 1 aliphatic carbocycles. The standard InChI is InChI=1S/C13H18N6S/c1-9(14)10-6-7-15-12(8-10)20-13-16-17-18-19(13)11-4-2-3-5-11/h6-9,11H,2-5,14H2,1H3. The average molecular weight is 290 g/mol. The van der Waals surface area contributed by atoms with Crippen LogP contribution in [-0.4, -0.2) is 25.2 Å². The zero-order valence-electron chi connectivity index (χ0n) is 11.4. The summed E-state index contributed by atoms with van der Waals surface area (Å²) in [4.78, 5) is 4.36. The van der Waals surface area contributed by atoms with Gasteiger partial charge in [0, 0.05) is 12.2 Å². The average Bonchev–Trinajstić information content (AvgIpc) is 3.09. The summed E-state index contributed by atoms with van der Waals surface area (Å²) >= 11 is 1.50. The molecule has 7 heteroatoms. The number of aromatic nitrogens is 5. The van der Waals surface area contributed by atoms with E-state index in [0.717, 1.165) is 28.6 Å². The highest BCUT2D eigenvalue weighted by Crippen LogP contribution is 2.33. The smallest absolute Gasteiger partial charge is 0.215 e. The molecular formula is C13H18N6S. The molecule has 0 bridgehead atoms. The lowest BCUT2D eigenvalue weighted by Crippen LogP contribution is -2.08. The van der Waals surface area contributed by atoms with Gasteiger partial charge in [0.1, 0.15) is 5.03 Å². The molecule has 0 amide bonds. The topological polar surface area (TPSA) is 82.5 Å². The summed E-state index contributed by atoms with van der Waals surface area (Å²) in [5, 5.41) is 13.8. The Morgan fingerprint density at radius 3 is 2.95 bits per heavy atom. The largest absolute Gasteiger partial charge is 0.324 e. The minimum Gasteiger partial charge on any atom is -0.324 e. The van der Waals surface area contributed by atoms with Gasteiger partial charge in [-0.1, -0.05) is 12.8 Å². The lowest BCUT2D eigenvalue weighted by molar-refractivity contribution is 0.423. The monoisotopic (exact) mass is 290 g/mol. The molecular weight excluding hydrogens is 272 g/mol. The quantitative estimate of drug-likeness (QED) is 0.930. The molecule has 1 unspecified atom stereocenters. The van der Waals surface area contributed by atoms with Crippen molar-refractivity contribution >= 4 is 11.8 Å². The van der Waals surface area contributed by atoms with Crippen molar-refractivity contribution in [2.24, 2.45) is 5.73 Å². The Balaban J connectivity index is 1.81. The van der Waals surface area contributed by atoms with Crippen LogP contribution in [0.25, 0.3) is 0 Å². The molecule has 0 saturated heterocycles. The Morgan fingerprint density at radius 1 is 1.40 bits per heavy atom. The zero-order chi connectivity index (χ0) is 13.9. The van der Waals surface area contributed by atoms with E-state index >= 15 is 0 Å². The van der Waals surface area contributed by atoms with Crippen molar-refractivity contribution in [3.05, 3.63) is 23.9 Å². The van der Waals surface area contributed by atoms with E-state index in [1.807, 2.05) is 23.7 Å². The van der Waals surface area contributed by atoms with Crippen molar-refractivity contribution in [3.63, 3.8) is 0 Å². The third-order valence-electron chi connectivity index (χ3n) is 3.61. The van der Waals surface area contributed by atoms with Crippen molar-refractivity contribution in [2.75, 3.05) is 0 Å². The van der Waals surface area contributed by atoms with E-state index < -0.39 is 0 Å². The first-order chi connectivity index (χ1) is 9.74. The summed E-state index contributed by atoms with van der Waals surface area (Å²) in [6.07, 6.45) is 6.61. The first kappa shape index (κ1) is 13.5. The van der Waals surface area contributed by atoms with Crippen molar-refractivity contribution in [2.45, 2.75) is 54.9 Å². The summed E-state index contributed by atoms with van der Waals surface area (Å²) in [5.74, 6) is 0. The number of pyridine rings is 1. The maximum atomic E-state index is 5.90. The highest BCUT2D eigenvalue weighted by Gasteiger charge is 2.22. The van der Waals surface area contributed by atoms with E-state index in [2.05, 4.69) is 20.5 Å². The van der Waals surface area contributed by atoms with Crippen molar-refractivity contribution in [1.82, 2.24) is 25.2 Å². The molecule has 2 heterocycles. The number of hydrogen-bond donors (Lipinski definition) is 1. The highest BCUT2D eigenvalue weighted by atomic mass is 32.2. The van der Waals surface area contributed by atoms with Crippen LogP contribution in [-0.2, 0) is 0 Å². The Hall–Kier alpha value is -1.47. The van der Waals surface area contributed by atoms with Crippen LogP contribution < -0.4 is 5.73 Å². The SMILES string of the molecule is CC(N)c1ccnc(Sc2nnnn2C2CCCC2)c1. The van der Waals surface area contributed by atoms with Crippen LogP contribution in [0, 0.1) is 0 Å². The third-order valence-corrected chi connectivity index (χ3v) is 4.50. The summed E-state index contributed by atoms with van der Waals surface area (Å²) in [6, 6.07) is 4.38. The summed E-state index contributed by atoms with van der Waals surface area (Å²) in [5.41, 5.74) is 6.97. The molecule has 2 N–H and O–H groups in total. The fourth-order valence-corrected chi connectivity index (χ4v) is 3.34. The van der Waals surface area contributed by atoms with E-state index in [9.17, 15) is 0 Å². The second-order valence-corrected chi connectivity index (χ2v) is 6.15. The maximum Gasteiger partial charge on any atom is 0.215 e. The van der Waals surface area contributed by atoms with Crippen LogP contribution in [0.4, 0.5) is 0 Å². The van der Waals surface area contributed by atoms with Gasteiger partial charge in [-0.15, -0.1) is 5.10 Å². The fourth-order valence-electron chi connectivity index (χ4n) is 2.49. The zero-order valence-corrected chi connectivity index (χ0v) is 12.3. The number of tetrazole rings is 1. The fraction of sp³-hybridized carbons (Fsp3) is 0.538. The molecule has 1 saturated carbocycles. The molecule has 0 aliphatic heterocycles. The van der Waals surface area contributed by atoms with E-state index in [1.165, 1.54) is 24.6 Å². The first-order valence-electron chi connectivity index (χ1n) is 6.91. The lowest BCUT2D eigenvalue weighted by atomic mass is 10.1. The van der Waals surface area contributed by atoms with Crippen LogP contribution in [0.1, 0.15) is 50.3 Å². The van der Waals surface area contributed by atoms with Crippen LogP contribution in [0.2, 0.25) is 0 Å². The molecule has 20 heavy (non-hydrogen) atoms. The van der Waals surface area contributed by atoms with E-state index in [-0.39, 0.29) is 6.04 Å². The van der Waals surface area contributed by atoms with Gasteiger partial charge in [-0.2, -0.15) is 0 Å². The van der Waals surface area contributed by atoms with Gasteiger partial charge in [-0.3, -0.25) is 0 Å². The minimum atomic E-state index is 0.00294. The molecule has 6 nitrogen and oxygen atoms in total. The third kappa shape index (κ3) is 2.83. The molecule has 1 aliphatic rings. The van der Waals surface area contributed by atoms with Gasteiger partial charge in [0.2, 0.25) is 5.16 Å². The predicted octanol–water partition coefficient (Wildman–Crippen LogP) is 2.35. The van der Waals surface area contributed by atoms with Crippen LogP contribution in [0.15, 0.2) is 28.5 Å². The number of rotatable bonds is 4. The van der Waals surface area contributed by atoms with Crippen LogP contribution in [0.5, 0.6) is 0 Å². The Labute approximate surface area is 122 Å². The lowest BCUT2D eigenvalue weighted by Gasteiger charge is -2.11. The van der Waals surface area contributed by atoms with Gasteiger partial charge >= 0.3 is 0 Å². The summed E-state index contributed by atoms with van der Waals surface area (Å²) in [7, 11) is 0. The molecule has 1 fully saturated rings. The molecule has 3 rings (SSSR count). The van der Waals surface area contributed by atoms with Gasteiger partial charge in [0.25, 0.3) is 0 Å². The second kappa shape index (κ2) is 5.88. The van der Waals surface area contributed by atoms with Crippen LogP contribution in [0.3, 0.4) is 0 Å². The second-order valence-electron chi connectivity index (χ2n) is 5.16. The highest BCUT2D eigenvalue weighted by molar-refractivity contribution is 7.99. The van der Waals surface area contributed by atoms with E-state index in [0.29, 0.717) is 6.04 Å². The predicted molar refractivity (Wildman–Crippen MR) is 76.3 cm³/mol. The van der Waals surface area contributed by atoms with Crippen molar-refractivity contribution in [1.29, 1.82) is 0 Å². The summed E-state index contributed by atoms with van der Waals surface area (Å²) < 4.78 is 1.94. The molecule has 0 radical (unpaired) electrons. The van der Waals surface area contributed by atoms with Crippen molar-refractivity contribution in [3.8, 4) is 0 Å². The van der Waals surface area contributed by atoms with Gasteiger partial charge in [0.05, 0.1) is 6.04 Å². The molecule has 106 valence electrons. The van der Waals surface area contributed by atoms with Gasteiger partial charge in [-0.25, -0.2) is 9.67 Å². The molecule has 0 aromatic carbocycles. The van der Waals surface area contributed by atoms with E-state index in [1.54, 1.807) is 6.20 Å². The number of nitrogens with two attached hydrogens (primary N) is 1. The maximum absolute atomic E-state index is 5.90. The Kier molecular flexibility index (Phi) is 3.98. The molecule has 1 atom stereocenters. The normalized spacial score (nSPS) is 17.5. The van der Waals surface area contributed by atoms with Gasteiger partial charge in [-0.05, 0) is 59.7 Å². The number of nitrogens with zero attached hydrogens (tertiary/aromatic N) is 5. The molecule has 0 spiro atoms. The summed E-state index contributed by atoms with van der Waals surface area (Å²) in [6.45, 7) is 1.96. The van der Waals surface area contributed by atoms with Gasteiger partial charge < -0.3 is 5.73 Å².